The zero-order valence-corrected chi connectivity index (χ0v) is 12.2. The standard InChI is InChI=1S/C13H16N2O4S/c1-9-5-11(14-7-10(9)15(17)18)20-8-13(3-4-13)6-12(16)19-2/h5,7H,3-4,6,8H2,1-2H3. The van der Waals surface area contributed by atoms with Crippen LogP contribution < -0.4 is 0 Å². The van der Waals surface area contributed by atoms with Gasteiger partial charge in [0.25, 0.3) is 5.69 Å². The van der Waals surface area contributed by atoms with Crippen LogP contribution in [0.2, 0.25) is 0 Å². The topological polar surface area (TPSA) is 82.3 Å². The summed E-state index contributed by atoms with van der Waals surface area (Å²) in [4.78, 5) is 25.7. The Morgan fingerprint density at radius 2 is 2.30 bits per heavy atom. The van der Waals surface area contributed by atoms with E-state index in [1.165, 1.54) is 25.1 Å². The van der Waals surface area contributed by atoms with Crippen LogP contribution in [0.1, 0.15) is 24.8 Å². The largest absolute Gasteiger partial charge is 0.469 e. The van der Waals surface area contributed by atoms with Gasteiger partial charge in [-0.3, -0.25) is 14.9 Å². The SMILES string of the molecule is COC(=O)CC1(CSc2cc(C)c([N+](=O)[O-])cn2)CC1. The van der Waals surface area contributed by atoms with Gasteiger partial charge in [0.15, 0.2) is 0 Å². The number of nitro groups is 1. The number of carbonyl (C=O) groups excluding carboxylic acids is 1. The van der Waals surface area contributed by atoms with Crippen molar-refractivity contribution in [2.45, 2.75) is 31.2 Å². The predicted octanol–water partition coefficient (Wildman–Crippen LogP) is 2.73. The minimum Gasteiger partial charge on any atom is -0.469 e. The molecule has 0 unspecified atom stereocenters. The number of aryl methyl sites for hydroxylation is 1. The summed E-state index contributed by atoms with van der Waals surface area (Å²) in [5, 5.41) is 11.5. The van der Waals surface area contributed by atoms with Crippen molar-refractivity contribution >= 4 is 23.4 Å². The first-order valence-corrected chi connectivity index (χ1v) is 7.25. The Bertz CT molecular complexity index is 543. The molecule has 1 aromatic rings. The van der Waals surface area contributed by atoms with E-state index in [0.29, 0.717) is 12.0 Å². The second-order valence-electron chi connectivity index (χ2n) is 5.11. The third-order valence-corrected chi connectivity index (χ3v) is 4.76. The molecule has 1 aliphatic carbocycles. The summed E-state index contributed by atoms with van der Waals surface area (Å²) in [6.45, 7) is 1.70. The summed E-state index contributed by atoms with van der Waals surface area (Å²) in [7, 11) is 1.40. The number of thioether (sulfide) groups is 1. The van der Waals surface area contributed by atoms with Gasteiger partial charge in [0, 0.05) is 11.3 Å². The molecule has 1 saturated carbocycles. The number of pyridine rings is 1. The third kappa shape index (κ3) is 3.47. The zero-order chi connectivity index (χ0) is 14.8. The molecule has 6 nitrogen and oxygen atoms in total. The van der Waals surface area contributed by atoms with Gasteiger partial charge in [0.2, 0.25) is 0 Å². The van der Waals surface area contributed by atoms with Crippen LogP contribution in [0.4, 0.5) is 5.69 Å². The van der Waals surface area contributed by atoms with Gasteiger partial charge in [0.1, 0.15) is 6.20 Å². The fraction of sp³-hybridized carbons (Fsp3) is 0.538. The van der Waals surface area contributed by atoms with Crippen LogP contribution in [0.25, 0.3) is 0 Å². The van der Waals surface area contributed by atoms with Gasteiger partial charge in [-0.05, 0) is 31.2 Å². The molecule has 0 atom stereocenters. The van der Waals surface area contributed by atoms with Crippen LogP contribution in [-0.2, 0) is 9.53 Å². The Labute approximate surface area is 121 Å². The van der Waals surface area contributed by atoms with Crippen LogP contribution in [0.15, 0.2) is 17.3 Å². The fourth-order valence-corrected chi connectivity index (χ4v) is 3.18. The maximum Gasteiger partial charge on any atom is 0.306 e. The second kappa shape index (κ2) is 5.78. The Kier molecular flexibility index (Phi) is 4.27. The second-order valence-corrected chi connectivity index (χ2v) is 6.10. The van der Waals surface area contributed by atoms with Crippen molar-refractivity contribution < 1.29 is 14.5 Å². The third-order valence-electron chi connectivity index (χ3n) is 3.49. The Hall–Kier alpha value is -1.63. The van der Waals surface area contributed by atoms with E-state index in [1.54, 1.807) is 13.0 Å². The number of hydrogen-bond acceptors (Lipinski definition) is 6. The van der Waals surface area contributed by atoms with E-state index in [9.17, 15) is 14.9 Å². The first-order valence-electron chi connectivity index (χ1n) is 6.26. The quantitative estimate of drug-likeness (QED) is 0.347. The molecule has 0 aliphatic heterocycles. The summed E-state index contributed by atoms with van der Waals surface area (Å²) < 4.78 is 4.70. The summed E-state index contributed by atoms with van der Waals surface area (Å²) >= 11 is 1.54. The van der Waals surface area contributed by atoms with Gasteiger partial charge < -0.3 is 4.74 Å². The van der Waals surface area contributed by atoms with Crippen LogP contribution >= 0.6 is 11.8 Å². The highest BCUT2D eigenvalue weighted by atomic mass is 32.2. The number of nitrogens with zero attached hydrogens (tertiary/aromatic N) is 2. The Morgan fingerprint density at radius 1 is 1.60 bits per heavy atom. The summed E-state index contributed by atoms with van der Waals surface area (Å²) in [6, 6.07) is 1.72. The van der Waals surface area contributed by atoms with Gasteiger partial charge >= 0.3 is 5.97 Å². The predicted molar refractivity (Wildman–Crippen MR) is 74.7 cm³/mol. The molecule has 0 saturated heterocycles. The highest BCUT2D eigenvalue weighted by Gasteiger charge is 2.44. The van der Waals surface area contributed by atoms with Gasteiger partial charge in [-0.1, -0.05) is 0 Å². The number of aromatic nitrogens is 1. The fourth-order valence-electron chi connectivity index (χ4n) is 1.95. The molecule has 1 aliphatic rings. The Balaban J connectivity index is 1.96. The summed E-state index contributed by atoms with van der Waals surface area (Å²) in [6.07, 6.45) is 3.75. The van der Waals surface area contributed by atoms with Crippen molar-refractivity contribution in [2.24, 2.45) is 5.41 Å². The molecule has 108 valence electrons. The molecule has 2 rings (SSSR count). The van der Waals surface area contributed by atoms with Gasteiger partial charge in [-0.25, -0.2) is 4.98 Å². The van der Waals surface area contributed by atoms with Crippen molar-refractivity contribution in [3.63, 3.8) is 0 Å². The molecule has 0 radical (unpaired) electrons. The summed E-state index contributed by atoms with van der Waals surface area (Å²) in [5.41, 5.74) is 0.658. The lowest BCUT2D eigenvalue weighted by atomic mass is 10.1. The van der Waals surface area contributed by atoms with Crippen molar-refractivity contribution in [1.29, 1.82) is 0 Å². The van der Waals surface area contributed by atoms with Gasteiger partial charge in [-0.15, -0.1) is 11.8 Å². The number of methoxy groups -OCH3 is 1. The maximum atomic E-state index is 11.3. The van der Waals surface area contributed by atoms with Crippen molar-refractivity contribution in [1.82, 2.24) is 4.98 Å². The average Bonchev–Trinajstić information content (AvgIpc) is 3.16. The molecule has 0 amide bonds. The highest BCUT2D eigenvalue weighted by molar-refractivity contribution is 7.99. The molecule has 0 aromatic carbocycles. The first-order chi connectivity index (χ1) is 9.46. The van der Waals surface area contributed by atoms with Gasteiger partial charge in [-0.2, -0.15) is 0 Å². The molecule has 1 fully saturated rings. The van der Waals surface area contributed by atoms with E-state index in [-0.39, 0.29) is 17.1 Å². The molecule has 20 heavy (non-hydrogen) atoms. The maximum absolute atomic E-state index is 11.3. The van der Waals surface area contributed by atoms with Crippen LogP contribution in [-0.4, -0.2) is 28.7 Å². The van der Waals surface area contributed by atoms with E-state index in [2.05, 4.69) is 4.98 Å². The molecule has 1 heterocycles. The molecule has 0 spiro atoms. The Morgan fingerprint density at radius 3 is 2.80 bits per heavy atom. The minimum atomic E-state index is -0.434. The molecular formula is C13H16N2O4S. The lowest BCUT2D eigenvalue weighted by Crippen LogP contribution is -2.13. The average molecular weight is 296 g/mol. The molecule has 0 N–H and O–H groups in total. The normalized spacial score (nSPS) is 15.7. The zero-order valence-electron chi connectivity index (χ0n) is 11.4. The van der Waals surface area contributed by atoms with Crippen LogP contribution in [0.5, 0.6) is 0 Å². The van der Waals surface area contributed by atoms with E-state index in [4.69, 9.17) is 4.74 Å². The van der Waals surface area contributed by atoms with Gasteiger partial charge in [0.05, 0.1) is 23.5 Å². The highest BCUT2D eigenvalue weighted by Crippen LogP contribution is 2.52. The minimum absolute atomic E-state index is 0.0229. The van der Waals surface area contributed by atoms with E-state index in [0.717, 1.165) is 23.6 Å². The van der Waals surface area contributed by atoms with E-state index < -0.39 is 4.92 Å². The van der Waals surface area contributed by atoms with E-state index >= 15 is 0 Å². The molecular weight excluding hydrogens is 280 g/mol. The lowest BCUT2D eigenvalue weighted by Gasteiger charge is -2.12. The smallest absolute Gasteiger partial charge is 0.306 e. The molecule has 7 heteroatoms. The number of carbonyl (C=O) groups is 1. The van der Waals surface area contributed by atoms with Crippen molar-refractivity contribution in [3.05, 3.63) is 27.9 Å². The van der Waals surface area contributed by atoms with Crippen LogP contribution in [0.3, 0.4) is 0 Å². The number of esters is 1. The monoisotopic (exact) mass is 296 g/mol. The van der Waals surface area contributed by atoms with Crippen LogP contribution in [0, 0.1) is 22.5 Å². The lowest BCUT2D eigenvalue weighted by molar-refractivity contribution is -0.385. The van der Waals surface area contributed by atoms with Crippen molar-refractivity contribution in [3.8, 4) is 0 Å². The molecule has 0 bridgehead atoms. The number of rotatable bonds is 6. The number of hydrogen-bond donors (Lipinski definition) is 0. The van der Waals surface area contributed by atoms with Crippen molar-refractivity contribution in [2.75, 3.05) is 12.9 Å². The number of ether oxygens (including phenoxy) is 1. The first kappa shape index (κ1) is 14.8. The summed E-state index contributed by atoms with van der Waals surface area (Å²) in [5.74, 6) is 0.600. The molecule has 1 aromatic heterocycles. The van der Waals surface area contributed by atoms with E-state index in [1.807, 2.05) is 0 Å².